The second-order valence-corrected chi connectivity index (χ2v) is 4.75. The summed E-state index contributed by atoms with van der Waals surface area (Å²) >= 11 is 0. The van der Waals surface area contributed by atoms with Crippen LogP contribution in [0.4, 0.5) is 0 Å². The van der Waals surface area contributed by atoms with Crippen LogP contribution in [0.1, 0.15) is 18.9 Å². The summed E-state index contributed by atoms with van der Waals surface area (Å²) in [6.07, 6.45) is 0.927. The molecule has 2 N–H and O–H groups in total. The van der Waals surface area contributed by atoms with Gasteiger partial charge in [0.1, 0.15) is 0 Å². The third-order valence-electron chi connectivity index (χ3n) is 2.95. The Morgan fingerprint density at radius 3 is 2.83 bits per heavy atom. The number of nitrogens with one attached hydrogen (secondary N) is 1. The van der Waals surface area contributed by atoms with Crippen LogP contribution in [0.15, 0.2) is 18.2 Å². The molecule has 1 heterocycles. The van der Waals surface area contributed by atoms with Gasteiger partial charge >= 0.3 is 0 Å². The Kier molecular flexibility index (Phi) is 4.84. The van der Waals surface area contributed by atoms with Crippen LogP contribution in [0, 0.1) is 5.92 Å². The molecule has 2 rings (SSSR count). The van der Waals surface area contributed by atoms with Crippen molar-refractivity contribution >= 4 is 0 Å². The SMILES string of the molecule is CC(CO)CNCc1ccc2c(c1)OCCCO2. The molecule has 0 spiro atoms. The molecule has 100 valence electrons. The second kappa shape index (κ2) is 6.61. The van der Waals surface area contributed by atoms with E-state index in [2.05, 4.69) is 5.32 Å². The average molecular weight is 251 g/mol. The first-order valence-corrected chi connectivity index (χ1v) is 6.49. The van der Waals surface area contributed by atoms with Crippen molar-refractivity contribution in [3.8, 4) is 11.5 Å². The van der Waals surface area contributed by atoms with E-state index in [9.17, 15) is 0 Å². The van der Waals surface area contributed by atoms with Crippen LogP contribution in [0.2, 0.25) is 0 Å². The molecule has 1 unspecified atom stereocenters. The van der Waals surface area contributed by atoms with Crippen LogP contribution >= 0.6 is 0 Å². The van der Waals surface area contributed by atoms with Gasteiger partial charge in [-0.25, -0.2) is 0 Å². The number of hydrogen-bond donors (Lipinski definition) is 2. The number of benzene rings is 1. The van der Waals surface area contributed by atoms with E-state index in [0.29, 0.717) is 6.61 Å². The van der Waals surface area contributed by atoms with Crippen LogP contribution in [-0.2, 0) is 6.54 Å². The lowest BCUT2D eigenvalue weighted by Crippen LogP contribution is -2.22. The summed E-state index contributed by atoms with van der Waals surface area (Å²) in [5, 5.41) is 12.3. The highest BCUT2D eigenvalue weighted by molar-refractivity contribution is 5.43. The lowest BCUT2D eigenvalue weighted by molar-refractivity contribution is 0.233. The van der Waals surface area contributed by atoms with E-state index in [1.54, 1.807) is 0 Å². The fraction of sp³-hybridized carbons (Fsp3) is 0.571. The Morgan fingerprint density at radius 2 is 2.06 bits per heavy atom. The van der Waals surface area contributed by atoms with Crippen LogP contribution < -0.4 is 14.8 Å². The van der Waals surface area contributed by atoms with E-state index in [0.717, 1.165) is 37.6 Å². The Hall–Kier alpha value is -1.26. The molecule has 1 aliphatic rings. The van der Waals surface area contributed by atoms with Crippen molar-refractivity contribution in [1.29, 1.82) is 0 Å². The molecule has 4 heteroatoms. The molecule has 18 heavy (non-hydrogen) atoms. The zero-order chi connectivity index (χ0) is 12.8. The van der Waals surface area contributed by atoms with Gasteiger partial charge in [0.2, 0.25) is 0 Å². The summed E-state index contributed by atoms with van der Waals surface area (Å²) in [5.41, 5.74) is 1.17. The van der Waals surface area contributed by atoms with Crippen LogP contribution in [-0.4, -0.2) is 31.5 Å². The van der Waals surface area contributed by atoms with Crippen molar-refractivity contribution in [2.24, 2.45) is 5.92 Å². The summed E-state index contributed by atoms with van der Waals surface area (Å²) in [7, 11) is 0. The fourth-order valence-corrected chi connectivity index (χ4v) is 1.85. The lowest BCUT2D eigenvalue weighted by atomic mass is 10.1. The molecule has 4 nitrogen and oxygen atoms in total. The highest BCUT2D eigenvalue weighted by Gasteiger charge is 2.10. The van der Waals surface area contributed by atoms with E-state index < -0.39 is 0 Å². The first-order chi connectivity index (χ1) is 8.79. The maximum Gasteiger partial charge on any atom is 0.161 e. The van der Waals surface area contributed by atoms with Crippen molar-refractivity contribution in [3.63, 3.8) is 0 Å². The van der Waals surface area contributed by atoms with Crippen LogP contribution in [0.5, 0.6) is 11.5 Å². The van der Waals surface area contributed by atoms with Crippen molar-refractivity contribution in [2.45, 2.75) is 19.9 Å². The smallest absolute Gasteiger partial charge is 0.161 e. The molecule has 1 aliphatic heterocycles. The third kappa shape index (κ3) is 3.62. The largest absolute Gasteiger partial charge is 0.490 e. The summed E-state index contributed by atoms with van der Waals surface area (Å²) in [5.74, 6) is 1.95. The molecular weight excluding hydrogens is 230 g/mol. The van der Waals surface area contributed by atoms with E-state index in [4.69, 9.17) is 14.6 Å². The average Bonchev–Trinajstić information content (AvgIpc) is 2.63. The second-order valence-electron chi connectivity index (χ2n) is 4.75. The number of aliphatic hydroxyl groups is 1. The minimum Gasteiger partial charge on any atom is -0.490 e. The molecule has 1 aromatic rings. The third-order valence-corrected chi connectivity index (χ3v) is 2.95. The van der Waals surface area contributed by atoms with E-state index in [-0.39, 0.29) is 12.5 Å². The quantitative estimate of drug-likeness (QED) is 0.834. The van der Waals surface area contributed by atoms with Gasteiger partial charge in [0, 0.05) is 26.1 Å². The first kappa shape index (κ1) is 13.2. The monoisotopic (exact) mass is 251 g/mol. The van der Waals surface area contributed by atoms with Crippen molar-refractivity contribution in [1.82, 2.24) is 5.32 Å². The molecule has 0 bridgehead atoms. The van der Waals surface area contributed by atoms with Gasteiger partial charge in [-0.2, -0.15) is 0 Å². The van der Waals surface area contributed by atoms with Crippen LogP contribution in [0.25, 0.3) is 0 Å². The molecule has 0 amide bonds. The maximum atomic E-state index is 8.94. The van der Waals surface area contributed by atoms with Gasteiger partial charge in [-0.1, -0.05) is 13.0 Å². The summed E-state index contributed by atoms with van der Waals surface area (Å²) < 4.78 is 11.2. The number of rotatable bonds is 5. The molecule has 0 fully saturated rings. The highest BCUT2D eigenvalue weighted by atomic mass is 16.5. The Bertz CT molecular complexity index is 381. The van der Waals surface area contributed by atoms with Crippen molar-refractivity contribution in [2.75, 3.05) is 26.4 Å². The van der Waals surface area contributed by atoms with Gasteiger partial charge in [0.25, 0.3) is 0 Å². The number of fused-ring (bicyclic) bond motifs is 1. The van der Waals surface area contributed by atoms with Gasteiger partial charge in [0.15, 0.2) is 11.5 Å². The molecule has 0 aliphatic carbocycles. The van der Waals surface area contributed by atoms with Gasteiger partial charge < -0.3 is 19.9 Å². The zero-order valence-electron chi connectivity index (χ0n) is 10.8. The predicted molar refractivity (Wildman–Crippen MR) is 70.0 cm³/mol. The zero-order valence-corrected chi connectivity index (χ0v) is 10.8. The summed E-state index contributed by atoms with van der Waals surface area (Å²) in [4.78, 5) is 0. The molecular formula is C14H21NO3. The fourth-order valence-electron chi connectivity index (χ4n) is 1.85. The van der Waals surface area contributed by atoms with Gasteiger partial charge in [0.05, 0.1) is 13.2 Å². The minimum atomic E-state index is 0.216. The Balaban J connectivity index is 1.91. The molecule has 1 atom stereocenters. The minimum absolute atomic E-state index is 0.216. The Labute approximate surface area is 108 Å². The molecule has 0 aromatic heterocycles. The molecule has 0 saturated carbocycles. The Morgan fingerprint density at radius 1 is 1.28 bits per heavy atom. The molecule has 1 aromatic carbocycles. The van der Waals surface area contributed by atoms with Gasteiger partial charge in [-0.15, -0.1) is 0 Å². The van der Waals surface area contributed by atoms with Gasteiger partial charge in [-0.05, 0) is 23.6 Å². The van der Waals surface area contributed by atoms with E-state index in [1.807, 2.05) is 25.1 Å². The standard InChI is InChI=1S/C14H21NO3/c1-11(10-16)8-15-9-12-3-4-13-14(7-12)18-6-2-5-17-13/h3-4,7,11,15-16H,2,5-6,8-10H2,1H3. The highest BCUT2D eigenvalue weighted by Crippen LogP contribution is 2.30. The summed E-state index contributed by atoms with van der Waals surface area (Å²) in [6.45, 7) is 5.26. The first-order valence-electron chi connectivity index (χ1n) is 6.49. The van der Waals surface area contributed by atoms with E-state index >= 15 is 0 Å². The maximum absolute atomic E-state index is 8.94. The van der Waals surface area contributed by atoms with Gasteiger partial charge in [-0.3, -0.25) is 0 Å². The normalized spacial score (nSPS) is 16.1. The topological polar surface area (TPSA) is 50.7 Å². The number of aliphatic hydroxyl groups excluding tert-OH is 1. The predicted octanol–water partition coefficient (Wildman–Crippen LogP) is 1.57. The number of ether oxygens (including phenoxy) is 2. The van der Waals surface area contributed by atoms with E-state index in [1.165, 1.54) is 5.56 Å². The molecule has 0 saturated heterocycles. The van der Waals surface area contributed by atoms with Crippen LogP contribution in [0.3, 0.4) is 0 Å². The summed E-state index contributed by atoms with van der Waals surface area (Å²) in [6, 6.07) is 6.04. The van der Waals surface area contributed by atoms with Crippen molar-refractivity contribution in [3.05, 3.63) is 23.8 Å². The lowest BCUT2D eigenvalue weighted by Gasteiger charge is -2.12. The molecule has 0 radical (unpaired) electrons. The number of hydrogen-bond acceptors (Lipinski definition) is 4. The van der Waals surface area contributed by atoms with Crippen molar-refractivity contribution < 1.29 is 14.6 Å².